The highest BCUT2D eigenvalue weighted by atomic mass is 35.5. The van der Waals surface area contributed by atoms with Gasteiger partial charge in [-0.3, -0.25) is 0 Å². The number of halogens is 1. The molecule has 0 saturated heterocycles. The summed E-state index contributed by atoms with van der Waals surface area (Å²) in [6, 6.07) is 5.89. The van der Waals surface area contributed by atoms with Gasteiger partial charge in [0, 0.05) is 18.4 Å². The van der Waals surface area contributed by atoms with Crippen LogP contribution in [-0.2, 0) is 6.54 Å². The summed E-state index contributed by atoms with van der Waals surface area (Å²) < 4.78 is 5.40. The van der Waals surface area contributed by atoms with Crippen molar-refractivity contribution in [2.24, 2.45) is 5.92 Å². The van der Waals surface area contributed by atoms with E-state index < -0.39 is 0 Å². The van der Waals surface area contributed by atoms with Crippen molar-refractivity contribution >= 4 is 23.4 Å². The van der Waals surface area contributed by atoms with E-state index in [-0.39, 0.29) is 0 Å². The molecule has 0 radical (unpaired) electrons. The van der Waals surface area contributed by atoms with Crippen LogP contribution in [0.25, 0.3) is 0 Å². The monoisotopic (exact) mass is 311 g/mol. The third-order valence-electron chi connectivity index (χ3n) is 2.61. The molecule has 0 spiro atoms. The molecule has 1 aromatic heterocycles. The van der Waals surface area contributed by atoms with Gasteiger partial charge in [0.1, 0.15) is 0 Å². The van der Waals surface area contributed by atoms with Crippen LogP contribution in [0, 0.1) is 12.8 Å². The highest BCUT2D eigenvalue weighted by Crippen LogP contribution is 2.35. The third kappa shape index (κ3) is 4.23. The van der Waals surface area contributed by atoms with Crippen molar-refractivity contribution in [1.82, 2.24) is 15.5 Å². The van der Waals surface area contributed by atoms with E-state index in [2.05, 4.69) is 35.4 Å². The Morgan fingerprint density at radius 2 is 2.15 bits per heavy atom. The predicted molar refractivity (Wildman–Crippen MR) is 81.2 cm³/mol. The zero-order chi connectivity index (χ0) is 14.5. The van der Waals surface area contributed by atoms with Crippen molar-refractivity contribution in [3.63, 3.8) is 0 Å². The molecule has 108 valence electrons. The molecular weight excluding hydrogens is 294 g/mol. The summed E-state index contributed by atoms with van der Waals surface area (Å²) in [5.41, 5.74) is 1.14. The molecule has 4 nitrogen and oxygen atoms in total. The number of nitrogens with zero attached hydrogens (tertiary/aromatic N) is 2. The molecule has 2 aromatic rings. The van der Waals surface area contributed by atoms with Crippen LogP contribution < -0.4 is 5.32 Å². The van der Waals surface area contributed by atoms with Crippen molar-refractivity contribution in [2.45, 2.75) is 37.4 Å². The van der Waals surface area contributed by atoms with Crippen molar-refractivity contribution in [3.05, 3.63) is 34.7 Å². The van der Waals surface area contributed by atoms with Gasteiger partial charge in [-0.1, -0.05) is 37.6 Å². The summed E-state index contributed by atoms with van der Waals surface area (Å²) in [5, 5.41) is 12.5. The quantitative estimate of drug-likeness (QED) is 0.876. The number of rotatable bonds is 6. The Labute approximate surface area is 128 Å². The fourth-order valence-electron chi connectivity index (χ4n) is 1.71. The van der Waals surface area contributed by atoms with Gasteiger partial charge < -0.3 is 9.73 Å². The molecule has 0 aliphatic heterocycles. The number of hydrogen-bond donors (Lipinski definition) is 1. The molecule has 0 bridgehead atoms. The smallest absolute Gasteiger partial charge is 0.281 e. The van der Waals surface area contributed by atoms with E-state index >= 15 is 0 Å². The normalized spacial score (nSPS) is 11.2. The minimum atomic E-state index is 0.515. The summed E-state index contributed by atoms with van der Waals surface area (Å²) in [6.07, 6.45) is 0. The molecule has 0 atom stereocenters. The lowest BCUT2D eigenvalue weighted by atomic mass is 10.2. The number of aryl methyl sites for hydroxylation is 1. The summed E-state index contributed by atoms with van der Waals surface area (Å²) in [4.78, 5) is 0.967. The van der Waals surface area contributed by atoms with Crippen LogP contribution >= 0.6 is 23.4 Å². The van der Waals surface area contributed by atoms with Crippen LogP contribution in [0.2, 0.25) is 5.02 Å². The van der Waals surface area contributed by atoms with Gasteiger partial charge in [0.25, 0.3) is 5.22 Å². The number of benzene rings is 1. The lowest BCUT2D eigenvalue weighted by Gasteiger charge is -2.11. The van der Waals surface area contributed by atoms with Crippen LogP contribution in [0.4, 0.5) is 0 Å². The van der Waals surface area contributed by atoms with Gasteiger partial charge in [-0.15, -0.1) is 10.2 Å². The highest BCUT2D eigenvalue weighted by molar-refractivity contribution is 7.99. The van der Waals surface area contributed by atoms with Gasteiger partial charge in [0.15, 0.2) is 0 Å². The largest absolute Gasteiger partial charge is 0.416 e. The number of hydrogen-bond acceptors (Lipinski definition) is 5. The minimum absolute atomic E-state index is 0.515. The minimum Gasteiger partial charge on any atom is -0.416 e. The lowest BCUT2D eigenvalue weighted by molar-refractivity contribution is 0.429. The Morgan fingerprint density at radius 1 is 1.35 bits per heavy atom. The van der Waals surface area contributed by atoms with Gasteiger partial charge in [-0.05, 0) is 35.9 Å². The molecule has 2 rings (SSSR count). The molecule has 0 aliphatic carbocycles. The van der Waals surface area contributed by atoms with E-state index in [4.69, 9.17) is 16.0 Å². The Kier molecular flexibility index (Phi) is 5.46. The van der Waals surface area contributed by atoms with Crippen LogP contribution in [-0.4, -0.2) is 16.7 Å². The highest BCUT2D eigenvalue weighted by Gasteiger charge is 2.12. The fraction of sp³-hybridized carbons (Fsp3) is 0.429. The molecular formula is C14H18ClN3OS. The second-order valence-electron chi connectivity index (χ2n) is 4.94. The molecule has 0 unspecified atom stereocenters. The van der Waals surface area contributed by atoms with E-state index in [0.717, 1.165) is 23.5 Å². The second kappa shape index (κ2) is 7.11. The molecule has 0 saturated carbocycles. The Balaban J connectivity index is 2.13. The zero-order valence-electron chi connectivity index (χ0n) is 11.8. The molecule has 0 aliphatic rings. The Morgan fingerprint density at radius 3 is 2.80 bits per heavy atom. The first-order valence-corrected chi connectivity index (χ1v) is 7.71. The summed E-state index contributed by atoms with van der Waals surface area (Å²) in [7, 11) is 0. The average Bonchev–Trinajstić information content (AvgIpc) is 2.78. The maximum absolute atomic E-state index is 6.29. The summed E-state index contributed by atoms with van der Waals surface area (Å²) in [6.45, 7) is 7.88. The van der Waals surface area contributed by atoms with Crippen LogP contribution in [0.1, 0.15) is 25.3 Å². The topological polar surface area (TPSA) is 51.0 Å². The van der Waals surface area contributed by atoms with E-state index in [1.54, 1.807) is 6.92 Å². The van der Waals surface area contributed by atoms with E-state index in [1.807, 2.05) is 12.1 Å². The first-order valence-electron chi connectivity index (χ1n) is 6.52. The third-order valence-corrected chi connectivity index (χ3v) is 4.07. The average molecular weight is 312 g/mol. The molecule has 0 fully saturated rings. The number of aromatic nitrogens is 2. The molecule has 1 aromatic carbocycles. The predicted octanol–water partition coefficient (Wildman–Crippen LogP) is 3.93. The molecule has 6 heteroatoms. The van der Waals surface area contributed by atoms with E-state index in [0.29, 0.717) is 22.1 Å². The van der Waals surface area contributed by atoms with Crippen LogP contribution in [0.5, 0.6) is 0 Å². The summed E-state index contributed by atoms with van der Waals surface area (Å²) >= 11 is 7.70. The standard InChI is InChI=1S/C14H18ClN3OS/c1-9(2)7-16-8-11-5-4-6-12(15)13(11)20-14-18-17-10(3)19-14/h4-6,9,16H,7-8H2,1-3H3. The van der Waals surface area contributed by atoms with E-state index in [9.17, 15) is 0 Å². The van der Waals surface area contributed by atoms with Gasteiger partial charge in [-0.25, -0.2) is 0 Å². The Hall–Kier alpha value is -1.04. The second-order valence-corrected chi connectivity index (χ2v) is 6.31. The molecule has 1 heterocycles. The van der Waals surface area contributed by atoms with Gasteiger partial charge in [0.2, 0.25) is 5.89 Å². The maximum Gasteiger partial charge on any atom is 0.281 e. The molecule has 0 amide bonds. The Bertz CT molecular complexity index is 571. The van der Waals surface area contributed by atoms with Crippen molar-refractivity contribution < 1.29 is 4.42 Å². The SMILES string of the molecule is Cc1nnc(Sc2c(Cl)cccc2CNCC(C)C)o1. The fourth-order valence-corrected chi connectivity index (χ4v) is 2.87. The van der Waals surface area contributed by atoms with E-state index in [1.165, 1.54) is 11.8 Å². The van der Waals surface area contributed by atoms with Crippen molar-refractivity contribution in [1.29, 1.82) is 0 Å². The van der Waals surface area contributed by atoms with Gasteiger partial charge in [-0.2, -0.15) is 0 Å². The van der Waals surface area contributed by atoms with Crippen molar-refractivity contribution in [3.8, 4) is 0 Å². The summed E-state index contributed by atoms with van der Waals surface area (Å²) in [5.74, 6) is 1.17. The van der Waals surface area contributed by atoms with Crippen LogP contribution in [0.15, 0.2) is 32.7 Å². The maximum atomic E-state index is 6.29. The lowest BCUT2D eigenvalue weighted by Crippen LogP contribution is -2.19. The first-order chi connectivity index (χ1) is 9.56. The number of nitrogens with one attached hydrogen (secondary N) is 1. The zero-order valence-corrected chi connectivity index (χ0v) is 13.4. The van der Waals surface area contributed by atoms with Crippen molar-refractivity contribution in [2.75, 3.05) is 6.54 Å². The van der Waals surface area contributed by atoms with Gasteiger partial charge >= 0.3 is 0 Å². The molecule has 1 N–H and O–H groups in total. The molecule has 20 heavy (non-hydrogen) atoms. The van der Waals surface area contributed by atoms with Gasteiger partial charge in [0.05, 0.1) is 5.02 Å². The van der Waals surface area contributed by atoms with Crippen LogP contribution in [0.3, 0.4) is 0 Å². The first kappa shape index (κ1) is 15.4.